The Morgan fingerprint density at radius 2 is 1.47 bits per heavy atom. The Balaban J connectivity index is 2.01. The second-order valence-electron chi connectivity index (χ2n) is 7.79. The summed E-state index contributed by atoms with van der Waals surface area (Å²) in [5, 5.41) is 3.86. The quantitative estimate of drug-likeness (QED) is 0.226. The summed E-state index contributed by atoms with van der Waals surface area (Å²) in [5.41, 5.74) is 7.11. The number of benzene rings is 3. The van der Waals surface area contributed by atoms with E-state index in [2.05, 4.69) is 95.8 Å². The highest BCUT2D eigenvalue weighted by atomic mass is 16.6. The van der Waals surface area contributed by atoms with E-state index in [9.17, 15) is 0 Å². The Kier molecular flexibility index (Phi) is 8.64. The molecular weight excluding hydrogens is 396 g/mol. The fraction of sp³-hybridized carbons (Fsp3) is 0.250. The SMILES string of the molecule is CCC(=C(c1ccc(C=NOC)cc1)c1ccc(OCCN(C)C)cc1)c1ccccc1. The summed E-state index contributed by atoms with van der Waals surface area (Å²) in [6.45, 7) is 3.77. The van der Waals surface area contributed by atoms with Gasteiger partial charge in [0.1, 0.15) is 19.5 Å². The summed E-state index contributed by atoms with van der Waals surface area (Å²) in [7, 11) is 5.64. The molecule has 0 saturated heterocycles. The number of rotatable bonds is 10. The number of hydrogen-bond donors (Lipinski definition) is 0. The predicted octanol–water partition coefficient (Wildman–Crippen LogP) is 5.98. The first-order valence-corrected chi connectivity index (χ1v) is 11.0. The van der Waals surface area contributed by atoms with Crippen LogP contribution in [0.4, 0.5) is 0 Å². The minimum absolute atomic E-state index is 0.670. The minimum Gasteiger partial charge on any atom is -0.492 e. The maximum absolute atomic E-state index is 5.90. The van der Waals surface area contributed by atoms with Gasteiger partial charge in [-0.25, -0.2) is 0 Å². The van der Waals surface area contributed by atoms with E-state index in [-0.39, 0.29) is 0 Å². The largest absolute Gasteiger partial charge is 0.492 e. The van der Waals surface area contributed by atoms with Crippen molar-refractivity contribution in [1.29, 1.82) is 0 Å². The number of ether oxygens (including phenoxy) is 1. The van der Waals surface area contributed by atoms with Crippen molar-refractivity contribution in [2.45, 2.75) is 13.3 Å². The normalized spacial score (nSPS) is 12.2. The molecule has 166 valence electrons. The van der Waals surface area contributed by atoms with Crippen LogP contribution < -0.4 is 4.74 Å². The van der Waals surface area contributed by atoms with Crippen LogP contribution in [0.2, 0.25) is 0 Å². The lowest BCUT2D eigenvalue weighted by atomic mass is 9.88. The van der Waals surface area contributed by atoms with Crippen molar-refractivity contribution >= 4 is 17.4 Å². The molecule has 0 heterocycles. The van der Waals surface area contributed by atoms with E-state index in [0.717, 1.165) is 24.3 Å². The van der Waals surface area contributed by atoms with Crippen molar-refractivity contribution in [1.82, 2.24) is 4.90 Å². The van der Waals surface area contributed by atoms with E-state index < -0.39 is 0 Å². The van der Waals surface area contributed by atoms with E-state index in [4.69, 9.17) is 9.57 Å². The lowest BCUT2D eigenvalue weighted by Gasteiger charge is -2.17. The molecule has 0 radical (unpaired) electrons. The Morgan fingerprint density at radius 1 is 0.844 bits per heavy atom. The standard InChI is InChI=1S/C28H32N2O2/c1-5-27(23-9-7-6-8-10-23)28(24-13-11-22(12-14-24)21-29-31-4)25-15-17-26(18-16-25)32-20-19-30(2)3/h6-18,21H,5,19-20H2,1-4H3. The van der Waals surface area contributed by atoms with Gasteiger partial charge in [-0.2, -0.15) is 0 Å². The Hall–Kier alpha value is -3.37. The Morgan fingerprint density at radius 3 is 2.03 bits per heavy atom. The molecule has 0 saturated carbocycles. The zero-order valence-corrected chi connectivity index (χ0v) is 19.4. The van der Waals surface area contributed by atoms with Gasteiger partial charge >= 0.3 is 0 Å². The first-order valence-electron chi connectivity index (χ1n) is 11.0. The summed E-state index contributed by atoms with van der Waals surface area (Å²) in [6.07, 6.45) is 2.64. The second-order valence-corrected chi connectivity index (χ2v) is 7.79. The van der Waals surface area contributed by atoms with Gasteiger partial charge in [0.05, 0.1) is 6.21 Å². The highest BCUT2D eigenvalue weighted by Crippen LogP contribution is 2.35. The number of oxime groups is 1. The van der Waals surface area contributed by atoms with Crippen LogP contribution in [0.5, 0.6) is 5.75 Å². The van der Waals surface area contributed by atoms with E-state index in [1.54, 1.807) is 13.3 Å². The molecule has 3 rings (SSSR count). The van der Waals surface area contributed by atoms with Gasteiger partial charge in [-0.3, -0.25) is 0 Å². The van der Waals surface area contributed by atoms with Gasteiger partial charge in [0.2, 0.25) is 0 Å². The number of allylic oxidation sites excluding steroid dienone is 1. The average molecular weight is 429 g/mol. The van der Waals surface area contributed by atoms with Crippen LogP contribution in [0.3, 0.4) is 0 Å². The highest BCUT2D eigenvalue weighted by molar-refractivity contribution is 5.99. The molecule has 0 atom stereocenters. The number of nitrogens with zero attached hydrogens (tertiary/aromatic N) is 2. The monoisotopic (exact) mass is 428 g/mol. The Bertz CT molecular complexity index is 1020. The molecule has 0 amide bonds. The fourth-order valence-corrected chi connectivity index (χ4v) is 3.59. The van der Waals surface area contributed by atoms with Crippen LogP contribution >= 0.6 is 0 Å². The van der Waals surface area contributed by atoms with E-state index in [0.29, 0.717) is 6.61 Å². The van der Waals surface area contributed by atoms with Gasteiger partial charge in [0, 0.05) is 6.54 Å². The lowest BCUT2D eigenvalue weighted by molar-refractivity contribution is 0.215. The van der Waals surface area contributed by atoms with E-state index in [1.165, 1.54) is 27.8 Å². The molecular formula is C28H32N2O2. The molecule has 0 aromatic heterocycles. The lowest BCUT2D eigenvalue weighted by Crippen LogP contribution is -2.19. The van der Waals surface area contributed by atoms with Crippen molar-refractivity contribution in [3.63, 3.8) is 0 Å². The zero-order chi connectivity index (χ0) is 22.8. The minimum atomic E-state index is 0.670. The second kappa shape index (κ2) is 11.9. The maximum Gasteiger partial charge on any atom is 0.119 e. The van der Waals surface area contributed by atoms with Crippen molar-refractivity contribution in [3.05, 3.63) is 101 Å². The van der Waals surface area contributed by atoms with Gasteiger partial charge in [-0.15, -0.1) is 0 Å². The molecule has 3 aromatic carbocycles. The summed E-state index contributed by atoms with van der Waals surface area (Å²) in [4.78, 5) is 6.92. The molecule has 0 aliphatic heterocycles. The first-order chi connectivity index (χ1) is 15.6. The molecule has 0 bridgehead atoms. The molecule has 4 heteroatoms. The predicted molar refractivity (Wildman–Crippen MR) is 134 cm³/mol. The summed E-state index contributed by atoms with van der Waals surface area (Å²) in [6, 6.07) is 27.4. The third kappa shape index (κ3) is 6.32. The summed E-state index contributed by atoms with van der Waals surface area (Å²) < 4.78 is 5.90. The molecule has 32 heavy (non-hydrogen) atoms. The van der Waals surface area contributed by atoms with Crippen LogP contribution in [-0.4, -0.2) is 45.5 Å². The fourth-order valence-electron chi connectivity index (χ4n) is 3.59. The summed E-state index contributed by atoms with van der Waals surface area (Å²) >= 11 is 0. The molecule has 4 nitrogen and oxygen atoms in total. The van der Waals surface area contributed by atoms with Crippen LogP contribution in [0, 0.1) is 0 Å². The maximum atomic E-state index is 5.90. The third-order valence-corrected chi connectivity index (χ3v) is 5.23. The van der Waals surface area contributed by atoms with Crippen molar-refractivity contribution in [3.8, 4) is 5.75 Å². The van der Waals surface area contributed by atoms with Gasteiger partial charge < -0.3 is 14.5 Å². The molecule has 0 N–H and O–H groups in total. The van der Waals surface area contributed by atoms with Crippen LogP contribution in [0.15, 0.2) is 84.0 Å². The summed E-state index contributed by atoms with van der Waals surface area (Å²) in [5.74, 6) is 0.888. The van der Waals surface area contributed by atoms with Gasteiger partial charge in [-0.1, -0.05) is 78.8 Å². The average Bonchev–Trinajstić information content (AvgIpc) is 2.82. The first kappa shape index (κ1) is 23.3. The molecule has 0 unspecified atom stereocenters. The van der Waals surface area contributed by atoms with Gasteiger partial charge in [0.15, 0.2) is 0 Å². The van der Waals surface area contributed by atoms with Gasteiger partial charge in [-0.05, 0) is 66.0 Å². The smallest absolute Gasteiger partial charge is 0.119 e. The molecule has 0 fully saturated rings. The van der Waals surface area contributed by atoms with Crippen molar-refractivity contribution in [2.24, 2.45) is 5.16 Å². The van der Waals surface area contributed by atoms with Crippen molar-refractivity contribution < 1.29 is 9.57 Å². The highest BCUT2D eigenvalue weighted by Gasteiger charge is 2.13. The van der Waals surface area contributed by atoms with Crippen LogP contribution in [-0.2, 0) is 4.84 Å². The van der Waals surface area contributed by atoms with Crippen LogP contribution in [0.25, 0.3) is 11.1 Å². The molecule has 3 aromatic rings. The van der Waals surface area contributed by atoms with Crippen molar-refractivity contribution in [2.75, 3.05) is 34.4 Å². The van der Waals surface area contributed by atoms with E-state index in [1.807, 2.05) is 14.1 Å². The number of hydrogen-bond acceptors (Lipinski definition) is 4. The molecule has 0 spiro atoms. The molecule has 0 aliphatic carbocycles. The Labute approximate surface area is 191 Å². The molecule has 0 aliphatic rings. The van der Waals surface area contributed by atoms with E-state index >= 15 is 0 Å². The third-order valence-electron chi connectivity index (χ3n) is 5.23. The topological polar surface area (TPSA) is 34.1 Å². The zero-order valence-electron chi connectivity index (χ0n) is 19.4. The van der Waals surface area contributed by atoms with Crippen LogP contribution in [0.1, 0.15) is 35.6 Å². The number of likely N-dealkylation sites (N-methyl/N-ethyl adjacent to an activating group) is 1. The van der Waals surface area contributed by atoms with Gasteiger partial charge in [0.25, 0.3) is 0 Å².